The molecule has 0 aliphatic carbocycles. The smallest absolute Gasteiger partial charge is 0.119 e. The van der Waals surface area contributed by atoms with Gasteiger partial charge < -0.3 is 9.84 Å². The Morgan fingerprint density at radius 1 is 1.00 bits per heavy atom. The Morgan fingerprint density at radius 3 is 2.25 bits per heavy atom. The minimum absolute atomic E-state index is 0.157. The molecular formula is C16H18O3S. The Kier molecular flexibility index (Phi) is 5.77. The van der Waals surface area contributed by atoms with Crippen molar-refractivity contribution < 1.29 is 14.1 Å². The Bertz CT molecular complexity index is 528. The van der Waals surface area contributed by atoms with Gasteiger partial charge in [-0.25, -0.2) is 0 Å². The largest absolute Gasteiger partial charge is 0.491 e. The number of benzene rings is 2. The number of rotatable bonds is 7. The molecule has 0 unspecified atom stereocenters. The highest BCUT2D eigenvalue weighted by Gasteiger charge is 2.11. The number of ether oxygens (including phenoxy) is 1. The summed E-state index contributed by atoms with van der Waals surface area (Å²) in [5, 5.41) is 9.84. The van der Waals surface area contributed by atoms with Crippen LogP contribution in [0.25, 0.3) is 0 Å². The molecule has 0 spiro atoms. The minimum Gasteiger partial charge on any atom is -0.491 e. The van der Waals surface area contributed by atoms with Crippen molar-refractivity contribution in [1.29, 1.82) is 0 Å². The molecular weight excluding hydrogens is 272 g/mol. The lowest BCUT2D eigenvalue weighted by Crippen LogP contribution is -2.24. The van der Waals surface area contributed by atoms with E-state index >= 15 is 0 Å². The molecule has 2 atom stereocenters. The quantitative estimate of drug-likeness (QED) is 0.851. The second-order valence-electron chi connectivity index (χ2n) is 4.51. The van der Waals surface area contributed by atoms with Crippen LogP contribution in [-0.4, -0.2) is 27.8 Å². The summed E-state index contributed by atoms with van der Waals surface area (Å²) in [5.41, 5.74) is 1.02. The Labute approximate surface area is 121 Å². The lowest BCUT2D eigenvalue weighted by molar-refractivity contribution is 0.125. The number of hydrogen-bond donors (Lipinski definition) is 1. The Morgan fingerprint density at radius 2 is 1.60 bits per heavy atom. The summed E-state index contributed by atoms with van der Waals surface area (Å²) in [6.07, 6.45) is -0.722. The molecule has 0 aliphatic rings. The van der Waals surface area contributed by atoms with E-state index in [0.29, 0.717) is 11.5 Å². The maximum absolute atomic E-state index is 11.9. The highest BCUT2D eigenvalue weighted by Crippen LogP contribution is 2.09. The summed E-state index contributed by atoms with van der Waals surface area (Å²) in [6.45, 7) is 0.157. The molecule has 0 saturated heterocycles. The van der Waals surface area contributed by atoms with E-state index in [0.717, 1.165) is 5.56 Å². The van der Waals surface area contributed by atoms with Crippen LogP contribution >= 0.6 is 0 Å². The van der Waals surface area contributed by atoms with E-state index < -0.39 is 16.9 Å². The molecule has 0 heterocycles. The molecule has 0 bridgehead atoms. The number of hydrogen-bond acceptors (Lipinski definition) is 3. The zero-order valence-corrected chi connectivity index (χ0v) is 12.0. The van der Waals surface area contributed by atoms with E-state index in [4.69, 9.17) is 4.74 Å². The van der Waals surface area contributed by atoms with Gasteiger partial charge in [0.2, 0.25) is 0 Å². The zero-order valence-electron chi connectivity index (χ0n) is 11.1. The fraction of sp³-hybridized carbons (Fsp3) is 0.250. The monoisotopic (exact) mass is 290 g/mol. The van der Waals surface area contributed by atoms with Crippen LogP contribution in [0.5, 0.6) is 5.75 Å². The Balaban J connectivity index is 1.74. The molecule has 3 nitrogen and oxygen atoms in total. The second kappa shape index (κ2) is 7.82. The topological polar surface area (TPSA) is 46.5 Å². The van der Waals surface area contributed by atoms with E-state index in [1.807, 2.05) is 60.7 Å². The summed E-state index contributed by atoms with van der Waals surface area (Å²) in [5.74, 6) is 1.39. The van der Waals surface area contributed by atoms with Gasteiger partial charge in [0, 0.05) is 16.6 Å². The van der Waals surface area contributed by atoms with Gasteiger partial charge in [-0.2, -0.15) is 0 Å². The van der Waals surface area contributed by atoms with Crippen molar-refractivity contribution in [2.75, 3.05) is 12.4 Å². The number of aliphatic hydroxyl groups excluding tert-OH is 1. The average Bonchev–Trinajstić information content (AvgIpc) is 2.47. The van der Waals surface area contributed by atoms with Gasteiger partial charge in [-0.05, 0) is 17.7 Å². The van der Waals surface area contributed by atoms with Crippen LogP contribution in [0.2, 0.25) is 0 Å². The molecule has 0 fully saturated rings. The van der Waals surface area contributed by atoms with Gasteiger partial charge in [0.25, 0.3) is 0 Å². The molecule has 2 rings (SSSR count). The molecule has 1 N–H and O–H groups in total. The van der Waals surface area contributed by atoms with Gasteiger partial charge in [0.1, 0.15) is 12.4 Å². The van der Waals surface area contributed by atoms with E-state index in [-0.39, 0.29) is 12.4 Å². The van der Waals surface area contributed by atoms with Gasteiger partial charge >= 0.3 is 0 Å². The molecule has 0 saturated carbocycles. The molecule has 0 aromatic heterocycles. The summed E-state index contributed by atoms with van der Waals surface area (Å²) in [6, 6.07) is 18.9. The maximum Gasteiger partial charge on any atom is 0.119 e. The van der Waals surface area contributed by atoms with Crippen molar-refractivity contribution in [3.05, 3.63) is 66.2 Å². The third-order valence-electron chi connectivity index (χ3n) is 2.73. The molecule has 20 heavy (non-hydrogen) atoms. The molecule has 2 aromatic carbocycles. The molecule has 0 aliphatic heterocycles. The SMILES string of the molecule is O=[S@@](Cc1ccccc1)C[C@H](O)COc1ccccc1. The lowest BCUT2D eigenvalue weighted by Gasteiger charge is -2.12. The van der Waals surface area contributed by atoms with Gasteiger partial charge in [-0.15, -0.1) is 0 Å². The molecule has 106 valence electrons. The summed E-state index contributed by atoms with van der Waals surface area (Å²) in [4.78, 5) is 0. The molecule has 2 aromatic rings. The van der Waals surface area contributed by atoms with Crippen LogP contribution in [0.3, 0.4) is 0 Å². The predicted molar refractivity (Wildman–Crippen MR) is 81.1 cm³/mol. The first kappa shape index (κ1) is 14.8. The highest BCUT2D eigenvalue weighted by atomic mass is 32.2. The molecule has 4 heteroatoms. The van der Waals surface area contributed by atoms with Crippen molar-refractivity contribution in [1.82, 2.24) is 0 Å². The van der Waals surface area contributed by atoms with Crippen LogP contribution < -0.4 is 4.74 Å². The second-order valence-corrected chi connectivity index (χ2v) is 6.02. The Hall–Kier alpha value is -1.65. The molecule has 0 amide bonds. The summed E-state index contributed by atoms with van der Waals surface area (Å²) >= 11 is 0. The van der Waals surface area contributed by atoms with E-state index in [1.165, 1.54) is 0 Å². The van der Waals surface area contributed by atoms with Crippen LogP contribution in [0, 0.1) is 0 Å². The number of aliphatic hydroxyl groups is 1. The average molecular weight is 290 g/mol. The van der Waals surface area contributed by atoms with Crippen LogP contribution in [0.15, 0.2) is 60.7 Å². The normalized spacial score (nSPS) is 13.7. The van der Waals surface area contributed by atoms with Crippen molar-refractivity contribution >= 4 is 10.8 Å². The van der Waals surface area contributed by atoms with Crippen LogP contribution in [0.1, 0.15) is 5.56 Å². The summed E-state index contributed by atoms with van der Waals surface area (Å²) in [7, 11) is -1.09. The van der Waals surface area contributed by atoms with Crippen LogP contribution in [-0.2, 0) is 16.6 Å². The minimum atomic E-state index is -1.09. The maximum atomic E-state index is 11.9. The van der Waals surface area contributed by atoms with E-state index in [1.54, 1.807) is 0 Å². The van der Waals surface area contributed by atoms with Crippen molar-refractivity contribution in [3.63, 3.8) is 0 Å². The zero-order chi connectivity index (χ0) is 14.2. The first-order chi connectivity index (χ1) is 9.74. The fourth-order valence-electron chi connectivity index (χ4n) is 1.79. The van der Waals surface area contributed by atoms with E-state index in [2.05, 4.69) is 0 Å². The standard InChI is InChI=1S/C16H18O3S/c17-15(11-19-16-9-5-2-6-10-16)13-20(18)12-14-7-3-1-4-8-14/h1-10,15,17H,11-13H2/t15-,20+/m1/s1. The highest BCUT2D eigenvalue weighted by molar-refractivity contribution is 7.84. The first-order valence-corrected chi connectivity index (χ1v) is 7.97. The third kappa shape index (κ3) is 5.15. The fourth-order valence-corrected chi connectivity index (χ4v) is 3.00. The van der Waals surface area contributed by atoms with Gasteiger partial charge in [0.15, 0.2) is 0 Å². The molecule has 0 radical (unpaired) electrons. The van der Waals surface area contributed by atoms with Gasteiger partial charge in [-0.1, -0.05) is 48.5 Å². The van der Waals surface area contributed by atoms with Gasteiger partial charge in [-0.3, -0.25) is 4.21 Å². The third-order valence-corrected chi connectivity index (χ3v) is 4.15. The summed E-state index contributed by atoms with van der Waals surface area (Å²) < 4.78 is 17.4. The van der Waals surface area contributed by atoms with Gasteiger partial charge in [0.05, 0.1) is 11.9 Å². The number of para-hydroxylation sites is 1. The lowest BCUT2D eigenvalue weighted by atomic mass is 10.2. The van der Waals surface area contributed by atoms with Crippen LogP contribution in [0.4, 0.5) is 0 Å². The van der Waals surface area contributed by atoms with Crippen molar-refractivity contribution in [2.45, 2.75) is 11.9 Å². The first-order valence-electron chi connectivity index (χ1n) is 6.49. The van der Waals surface area contributed by atoms with Crippen molar-refractivity contribution in [2.24, 2.45) is 0 Å². The van der Waals surface area contributed by atoms with E-state index in [9.17, 15) is 9.32 Å². The van der Waals surface area contributed by atoms with Crippen molar-refractivity contribution in [3.8, 4) is 5.75 Å². The predicted octanol–water partition coefficient (Wildman–Crippen LogP) is 2.38.